The summed E-state index contributed by atoms with van der Waals surface area (Å²) in [4.78, 5) is 37.9. The standard InChI is InChI=1S/C20H18O5/c1-9-20(3)12-6-7-19(2)11(4-5-13(19)21)14(12)16(22)17-15(20)10(8-24-17)18(23)25-9/h8,11H,1,4-7H2,2-3H3/t11-,19?,20?/m0/s1. The van der Waals surface area contributed by atoms with Crippen LogP contribution in [0, 0.1) is 11.3 Å². The molecule has 4 aliphatic rings. The Morgan fingerprint density at radius 2 is 1.96 bits per heavy atom. The first-order valence-electron chi connectivity index (χ1n) is 8.65. The Morgan fingerprint density at radius 3 is 2.72 bits per heavy atom. The van der Waals surface area contributed by atoms with Gasteiger partial charge in [0.15, 0.2) is 5.76 Å². The van der Waals surface area contributed by atoms with E-state index in [0.717, 1.165) is 5.57 Å². The van der Waals surface area contributed by atoms with Crippen molar-refractivity contribution in [2.24, 2.45) is 11.3 Å². The summed E-state index contributed by atoms with van der Waals surface area (Å²) in [5.74, 6) is -0.0249. The number of furan rings is 1. The summed E-state index contributed by atoms with van der Waals surface area (Å²) in [6, 6.07) is 0. The Labute approximate surface area is 144 Å². The highest BCUT2D eigenvalue weighted by Gasteiger charge is 2.59. The SMILES string of the molecule is C=C1OC(=O)c2coc3c2C1(C)C1=C(C3=O)[C@@H]2CCC(=O)C2(C)CC1. The second kappa shape index (κ2) is 4.21. The molecule has 0 radical (unpaired) electrons. The molecule has 0 aromatic carbocycles. The van der Waals surface area contributed by atoms with E-state index in [4.69, 9.17) is 9.15 Å². The second-order valence-corrected chi connectivity index (χ2v) is 7.94. The minimum absolute atomic E-state index is 0.0970. The molecule has 0 N–H and O–H groups in total. The van der Waals surface area contributed by atoms with Crippen LogP contribution in [0.1, 0.15) is 66.0 Å². The molecule has 0 spiro atoms. The summed E-state index contributed by atoms with van der Waals surface area (Å²) in [6.45, 7) is 7.90. The third-order valence-corrected chi connectivity index (χ3v) is 6.97. The maximum absolute atomic E-state index is 13.3. The largest absolute Gasteiger partial charge is 0.460 e. The van der Waals surface area contributed by atoms with E-state index in [9.17, 15) is 14.4 Å². The first-order valence-corrected chi connectivity index (χ1v) is 8.65. The van der Waals surface area contributed by atoms with Crippen molar-refractivity contribution >= 4 is 17.5 Å². The zero-order chi connectivity index (χ0) is 17.7. The maximum Gasteiger partial charge on any atom is 0.346 e. The van der Waals surface area contributed by atoms with Crippen LogP contribution in [0.25, 0.3) is 0 Å². The highest BCUT2D eigenvalue weighted by molar-refractivity contribution is 6.14. The Morgan fingerprint density at radius 1 is 1.20 bits per heavy atom. The first kappa shape index (κ1) is 14.9. The molecule has 3 atom stereocenters. The summed E-state index contributed by atoms with van der Waals surface area (Å²) in [5.41, 5.74) is 1.30. The lowest BCUT2D eigenvalue weighted by atomic mass is 9.56. The molecule has 1 saturated carbocycles. The first-order chi connectivity index (χ1) is 11.8. The van der Waals surface area contributed by atoms with Crippen LogP contribution in [-0.2, 0) is 14.9 Å². The molecule has 2 heterocycles. The van der Waals surface area contributed by atoms with Crippen LogP contribution in [0.15, 0.2) is 34.2 Å². The molecule has 0 amide bonds. The molecule has 5 nitrogen and oxygen atoms in total. The molecule has 1 aromatic rings. The Bertz CT molecular complexity index is 945. The predicted molar refractivity (Wildman–Crippen MR) is 87.0 cm³/mol. The normalized spacial score (nSPS) is 36.2. The number of carbonyl (C=O) groups is 3. The average molecular weight is 338 g/mol. The van der Waals surface area contributed by atoms with Gasteiger partial charge in [0.25, 0.3) is 0 Å². The van der Waals surface area contributed by atoms with Gasteiger partial charge in [-0.05, 0) is 31.8 Å². The predicted octanol–water partition coefficient (Wildman–Crippen LogP) is 3.49. The summed E-state index contributed by atoms with van der Waals surface area (Å²) in [7, 11) is 0. The Balaban J connectivity index is 1.82. The lowest BCUT2D eigenvalue weighted by Gasteiger charge is -2.47. The molecule has 2 unspecified atom stereocenters. The molecule has 1 aliphatic heterocycles. The lowest BCUT2D eigenvalue weighted by Crippen LogP contribution is -2.46. The topological polar surface area (TPSA) is 73.6 Å². The molecule has 0 bridgehead atoms. The van der Waals surface area contributed by atoms with Gasteiger partial charge >= 0.3 is 5.97 Å². The number of hydrogen-bond donors (Lipinski definition) is 0. The van der Waals surface area contributed by atoms with Gasteiger partial charge in [0.1, 0.15) is 23.4 Å². The van der Waals surface area contributed by atoms with Gasteiger partial charge in [0, 0.05) is 28.9 Å². The van der Waals surface area contributed by atoms with Gasteiger partial charge in [-0.25, -0.2) is 4.79 Å². The molecule has 0 saturated heterocycles. The van der Waals surface area contributed by atoms with Crippen LogP contribution >= 0.6 is 0 Å². The van der Waals surface area contributed by atoms with E-state index < -0.39 is 16.8 Å². The Kier molecular flexibility index (Phi) is 2.50. The third-order valence-electron chi connectivity index (χ3n) is 6.97. The minimum Gasteiger partial charge on any atom is -0.460 e. The fraction of sp³-hybridized carbons (Fsp3) is 0.450. The van der Waals surface area contributed by atoms with E-state index in [1.54, 1.807) is 0 Å². The van der Waals surface area contributed by atoms with Gasteiger partial charge in [-0.15, -0.1) is 0 Å². The van der Waals surface area contributed by atoms with E-state index in [-0.39, 0.29) is 23.2 Å². The van der Waals surface area contributed by atoms with E-state index in [2.05, 4.69) is 6.58 Å². The van der Waals surface area contributed by atoms with Crippen molar-refractivity contribution in [1.29, 1.82) is 0 Å². The van der Waals surface area contributed by atoms with Gasteiger partial charge < -0.3 is 9.15 Å². The fourth-order valence-corrected chi connectivity index (χ4v) is 5.42. The third kappa shape index (κ3) is 1.45. The molecule has 5 rings (SSSR count). The van der Waals surface area contributed by atoms with Crippen LogP contribution in [-0.4, -0.2) is 17.5 Å². The van der Waals surface area contributed by atoms with E-state index >= 15 is 0 Å². The van der Waals surface area contributed by atoms with Crippen LogP contribution in [0.2, 0.25) is 0 Å². The number of carbonyl (C=O) groups excluding carboxylic acids is 3. The number of Topliss-reactive ketones (excluding diaryl/α,β-unsaturated/α-hetero) is 2. The Hall–Kier alpha value is -2.43. The van der Waals surface area contributed by atoms with Gasteiger partial charge in [-0.2, -0.15) is 0 Å². The van der Waals surface area contributed by atoms with Crippen molar-refractivity contribution in [3.63, 3.8) is 0 Å². The highest BCUT2D eigenvalue weighted by Crippen LogP contribution is 2.60. The molecule has 25 heavy (non-hydrogen) atoms. The van der Waals surface area contributed by atoms with Crippen molar-refractivity contribution in [2.75, 3.05) is 0 Å². The van der Waals surface area contributed by atoms with Crippen molar-refractivity contribution in [3.05, 3.63) is 46.6 Å². The fourth-order valence-electron chi connectivity index (χ4n) is 5.42. The number of esters is 1. The van der Waals surface area contributed by atoms with Crippen LogP contribution in [0.3, 0.4) is 0 Å². The lowest BCUT2D eigenvalue weighted by molar-refractivity contribution is -0.126. The van der Waals surface area contributed by atoms with E-state index in [1.807, 2.05) is 13.8 Å². The summed E-state index contributed by atoms with van der Waals surface area (Å²) < 4.78 is 10.9. The number of fused-ring (bicyclic) bond motifs is 3. The quantitative estimate of drug-likeness (QED) is 0.677. The van der Waals surface area contributed by atoms with Crippen molar-refractivity contribution in [2.45, 2.75) is 44.9 Å². The van der Waals surface area contributed by atoms with Gasteiger partial charge in [0.2, 0.25) is 5.78 Å². The average Bonchev–Trinajstić information content (AvgIpc) is 3.14. The monoisotopic (exact) mass is 338 g/mol. The molecule has 3 aliphatic carbocycles. The minimum atomic E-state index is -0.748. The van der Waals surface area contributed by atoms with Gasteiger partial charge in [0.05, 0.1) is 5.41 Å². The van der Waals surface area contributed by atoms with Crippen LogP contribution < -0.4 is 0 Å². The second-order valence-electron chi connectivity index (χ2n) is 7.94. The van der Waals surface area contributed by atoms with Gasteiger partial charge in [-0.3, -0.25) is 9.59 Å². The summed E-state index contributed by atoms with van der Waals surface area (Å²) >= 11 is 0. The number of rotatable bonds is 0. The van der Waals surface area contributed by atoms with Crippen LogP contribution in [0.4, 0.5) is 0 Å². The van der Waals surface area contributed by atoms with Crippen molar-refractivity contribution in [1.82, 2.24) is 0 Å². The van der Waals surface area contributed by atoms with Crippen LogP contribution in [0.5, 0.6) is 0 Å². The number of ketones is 2. The molecule has 5 heteroatoms. The summed E-state index contributed by atoms with van der Waals surface area (Å²) in [6.07, 6.45) is 3.84. The molecular weight excluding hydrogens is 320 g/mol. The van der Waals surface area contributed by atoms with Crippen molar-refractivity contribution in [3.8, 4) is 0 Å². The molecule has 1 fully saturated rings. The summed E-state index contributed by atoms with van der Waals surface area (Å²) in [5, 5.41) is 0. The highest BCUT2D eigenvalue weighted by atomic mass is 16.5. The number of cyclic esters (lactones) is 1. The number of hydrogen-bond acceptors (Lipinski definition) is 5. The molecular formula is C20H18O5. The molecule has 128 valence electrons. The van der Waals surface area contributed by atoms with E-state index in [1.165, 1.54) is 6.26 Å². The zero-order valence-corrected chi connectivity index (χ0v) is 14.2. The smallest absolute Gasteiger partial charge is 0.346 e. The van der Waals surface area contributed by atoms with Gasteiger partial charge in [-0.1, -0.05) is 13.5 Å². The number of ether oxygens (including phenoxy) is 1. The maximum atomic E-state index is 13.3. The molecule has 1 aromatic heterocycles. The zero-order valence-electron chi connectivity index (χ0n) is 14.2. The number of allylic oxidation sites excluding steroid dienone is 2. The van der Waals surface area contributed by atoms with E-state index in [0.29, 0.717) is 48.1 Å². The van der Waals surface area contributed by atoms with Crippen molar-refractivity contribution < 1.29 is 23.5 Å².